The van der Waals surface area contributed by atoms with Gasteiger partial charge in [-0.1, -0.05) is 13.8 Å². The molecular formula is C11H17N3O3. The van der Waals surface area contributed by atoms with Gasteiger partial charge in [-0.05, 0) is 12.5 Å². The number of carboxylic acid groups (broad SMARTS) is 1. The van der Waals surface area contributed by atoms with E-state index in [9.17, 15) is 9.59 Å². The average Bonchev–Trinajstić information content (AvgIpc) is 2.66. The van der Waals surface area contributed by atoms with Crippen molar-refractivity contribution in [2.24, 2.45) is 13.0 Å². The van der Waals surface area contributed by atoms with E-state index in [1.54, 1.807) is 20.0 Å². The van der Waals surface area contributed by atoms with Crippen molar-refractivity contribution in [1.82, 2.24) is 15.1 Å². The first-order valence-corrected chi connectivity index (χ1v) is 5.49. The van der Waals surface area contributed by atoms with E-state index in [0.29, 0.717) is 5.69 Å². The molecule has 0 aliphatic carbocycles. The molecule has 6 heteroatoms. The Morgan fingerprint density at radius 1 is 1.59 bits per heavy atom. The first kappa shape index (κ1) is 13.2. The Bertz CT molecular complexity index is 426. The molecule has 94 valence electrons. The molecule has 0 aliphatic rings. The highest BCUT2D eigenvalue weighted by molar-refractivity contribution is 5.92. The van der Waals surface area contributed by atoms with Crippen LogP contribution in [0.5, 0.6) is 0 Å². The lowest BCUT2D eigenvalue weighted by Gasteiger charge is -2.08. The molecule has 0 bridgehead atoms. The van der Waals surface area contributed by atoms with Gasteiger partial charge in [-0.3, -0.25) is 14.3 Å². The maximum atomic E-state index is 11.8. The van der Waals surface area contributed by atoms with E-state index >= 15 is 0 Å². The Balaban J connectivity index is 2.63. The summed E-state index contributed by atoms with van der Waals surface area (Å²) < 4.78 is 1.50. The molecule has 0 radical (unpaired) electrons. The normalized spacial score (nSPS) is 12.2. The van der Waals surface area contributed by atoms with Crippen molar-refractivity contribution in [3.63, 3.8) is 0 Å². The Hall–Kier alpha value is -1.85. The second kappa shape index (κ2) is 5.47. The molecule has 0 spiro atoms. The van der Waals surface area contributed by atoms with Crippen LogP contribution >= 0.6 is 0 Å². The molecule has 0 aliphatic heterocycles. The smallest absolute Gasteiger partial charge is 0.308 e. The van der Waals surface area contributed by atoms with Crippen molar-refractivity contribution in [1.29, 1.82) is 0 Å². The van der Waals surface area contributed by atoms with E-state index in [1.165, 1.54) is 4.68 Å². The van der Waals surface area contributed by atoms with Crippen molar-refractivity contribution in [3.8, 4) is 0 Å². The number of hydrogen-bond donors (Lipinski definition) is 2. The lowest BCUT2D eigenvalue weighted by atomic mass is 10.2. The predicted molar refractivity (Wildman–Crippen MR) is 61.7 cm³/mol. The quantitative estimate of drug-likeness (QED) is 0.780. The second-order valence-electron chi connectivity index (χ2n) is 3.95. The molecule has 1 aromatic rings. The summed E-state index contributed by atoms with van der Waals surface area (Å²) in [5.74, 6) is -1.82. The summed E-state index contributed by atoms with van der Waals surface area (Å²) in [7, 11) is 1.69. The summed E-state index contributed by atoms with van der Waals surface area (Å²) in [5, 5.41) is 15.4. The van der Waals surface area contributed by atoms with Gasteiger partial charge in [-0.25, -0.2) is 0 Å². The number of aliphatic carboxylic acids is 1. The van der Waals surface area contributed by atoms with Crippen LogP contribution in [0.1, 0.15) is 30.0 Å². The van der Waals surface area contributed by atoms with Crippen molar-refractivity contribution < 1.29 is 14.7 Å². The Morgan fingerprint density at radius 3 is 2.71 bits per heavy atom. The van der Waals surface area contributed by atoms with Crippen molar-refractivity contribution in [2.75, 3.05) is 6.54 Å². The average molecular weight is 239 g/mol. The highest BCUT2D eigenvalue weighted by Gasteiger charge is 2.16. The van der Waals surface area contributed by atoms with Gasteiger partial charge in [0.05, 0.1) is 11.6 Å². The summed E-state index contributed by atoms with van der Waals surface area (Å²) in [6, 6.07) is 1.71. The molecular weight excluding hydrogens is 222 g/mol. The molecule has 1 atom stereocenters. The number of nitrogens with one attached hydrogen (secondary N) is 1. The molecule has 6 nitrogen and oxygen atoms in total. The first-order chi connectivity index (χ1) is 7.95. The minimum atomic E-state index is -0.926. The van der Waals surface area contributed by atoms with Gasteiger partial charge in [-0.15, -0.1) is 0 Å². The third-order valence-corrected chi connectivity index (χ3v) is 2.52. The Labute approximate surface area is 99.6 Å². The van der Waals surface area contributed by atoms with E-state index < -0.39 is 11.9 Å². The summed E-state index contributed by atoms with van der Waals surface area (Å²) in [6.45, 7) is 3.61. The maximum absolute atomic E-state index is 11.8. The number of hydrogen-bond acceptors (Lipinski definition) is 3. The third kappa shape index (κ3) is 3.30. The highest BCUT2D eigenvalue weighted by atomic mass is 16.4. The van der Waals surface area contributed by atoms with Crippen LogP contribution in [-0.2, 0) is 18.3 Å². The zero-order chi connectivity index (χ0) is 13.0. The van der Waals surface area contributed by atoms with Gasteiger partial charge in [0.25, 0.3) is 5.91 Å². The van der Waals surface area contributed by atoms with E-state index in [4.69, 9.17) is 5.11 Å². The number of aryl methyl sites for hydroxylation is 2. The summed E-state index contributed by atoms with van der Waals surface area (Å²) >= 11 is 0. The number of aromatic nitrogens is 2. The fourth-order valence-corrected chi connectivity index (χ4v) is 1.34. The molecule has 1 aromatic heterocycles. The van der Waals surface area contributed by atoms with Gasteiger partial charge in [0.15, 0.2) is 0 Å². The standard InChI is InChI=1S/C11H17N3O3/c1-4-8-5-9(14(3)13-8)10(15)12-6-7(2)11(16)17/h5,7H,4,6H2,1-3H3,(H,12,15)(H,16,17). The lowest BCUT2D eigenvalue weighted by Crippen LogP contribution is -2.32. The van der Waals surface area contributed by atoms with Crippen LogP contribution in [0.15, 0.2) is 6.07 Å². The number of amides is 1. The largest absolute Gasteiger partial charge is 0.481 e. The zero-order valence-corrected chi connectivity index (χ0v) is 10.2. The van der Waals surface area contributed by atoms with Gasteiger partial charge < -0.3 is 10.4 Å². The predicted octanol–water partition coefficient (Wildman–Crippen LogP) is 0.433. The number of nitrogens with zero attached hydrogens (tertiary/aromatic N) is 2. The summed E-state index contributed by atoms with van der Waals surface area (Å²) in [4.78, 5) is 22.4. The molecule has 1 amide bonds. The van der Waals surface area contributed by atoms with E-state index in [0.717, 1.165) is 12.1 Å². The maximum Gasteiger partial charge on any atom is 0.308 e. The number of carbonyl (C=O) groups excluding carboxylic acids is 1. The van der Waals surface area contributed by atoms with Crippen molar-refractivity contribution in [2.45, 2.75) is 20.3 Å². The van der Waals surface area contributed by atoms with Crippen LogP contribution in [0.4, 0.5) is 0 Å². The molecule has 17 heavy (non-hydrogen) atoms. The van der Waals surface area contributed by atoms with E-state index in [-0.39, 0.29) is 12.5 Å². The van der Waals surface area contributed by atoms with Crippen LogP contribution in [0, 0.1) is 5.92 Å². The van der Waals surface area contributed by atoms with Gasteiger partial charge >= 0.3 is 5.97 Å². The topological polar surface area (TPSA) is 84.2 Å². The molecule has 2 N–H and O–H groups in total. The minimum Gasteiger partial charge on any atom is -0.481 e. The summed E-state index contributed by atoms with van der Waals surface area (Å²) in [5.41, 5.74) is 1.28. The fraction of sp³-hybridized carbons (Fsp3) is 0.545. The van der Waals surface area contributed by atoms with Crippen LogP contribution in [0.2, 0.25) is 0 Å². The molecule has 0 fully saturated rings. The van der Waals surface area contributed by atoms with E-state index in [1.807, 2.05) is 6.92 Å². The first-order valence-electron chi connectivity index (χ1n) is 5.49. The monoisotopic (exact) mass is 239 g/mol. The number of rotatable bonds is 5. The van der Waals surface area contributed by atoms with Gasteiger partial charge in [0, 0.05) is 13.6 Å². The number of carbonyl (C=O) groups is 2. The Morgan fingerprint density at radius 2 is 2.24 bits per heavy atom. The van der Waals surface area contributed by atoms with Crippen LogP contribution < -0.4 is 5.32 Å². The van der Waals surface area contributed by atoms with Crippen molar-refractivity contribution in [3.05, 3.63) is 17.5 Å². The number of carboxylic acids is 1. The molecule has 1 unspecified atom stereocenters. The second-order valence-corrected chi connectivity index (χ2v) is 3.95. The third-order valence-electron chi connectivity index (χ3n) is 2.52. The van der Waals surface area contributed by atoms with Crippen LogP contribution in [0.3, 0.4) is 0 Å². The minimum absolute atomic E-state index is 0.112. The van der Waals surface area contributed by atoms with Gasteiger partial charge in [0.2, 0.25) is 0 Å². The zero-order valence-electron chi connectivity index (χ0n) is 10.2. The molecule has 0 aromatic carbocycles. The molecule has 0 saturated carbocycles. The fourth-order valence-electron chi connectivity index (χ4n) is 1.34. The highest BCUT2D eigenvalue weighted by Crippen LogP contribution is 2.04. The molecule has 0 saturated heterocycles. The SMILES string of the molecule is CCc1cc(C(=O)NCC(C)C(=O)O)n(C)n1. The van der Waals surface area contributed by atoms with Crippen LogP contribution in [-0.4, -0.2) is 33.3 Å². The lowest BCUT2D eigenvalue weighted by molar-refractivity contribution is -0.140. The van der Waals surface area contributed by atoms with Crippen molar-refractivity contribution >= 4 is 11.9 Å². The molecule has 1 rings (SSSR count). The van der Waals surface area contributed by atoms with E-state index in [2.05, 4.69) is 10.4 Å². The van der Waals surface area contributed by atoms with Crippen LogP contribution in [0.25, 0.3) is 0 Å². The molecule has 1 heterocycles. The summed E-state index contributed by atoms with van der Waals surface area (Å²) in [6.07, 6.45) is 0.757. The van der Waals surface area contributed by atoms with Gasteiger partial charge in [0.1, 0.15) is 5.69 Å². The Kier molecular flexibility index (Phi) is 4.25. The van der Waals surface area contributed by atoms with Gasteiger partial charge in [-0.2, -0.15) is 5.10 Å².